The van der Waals surface area contributed by atoms with Crippen LogP contribution >= 0.6 is 15.9 Å². The number of halogens is 1. The fraction of sp³-hybridized carbons (Fsp3) is 0.533. The van der Waals surface area contributed by atoms with E-state index < -0.39 is 0 Å². The number of hydrogen-bond donors (Lipinski definition) is 0. The normalized spacial score (nSPS) is 26.8. The second kappa shape index (κ2) is 6.24. The van der Waals surface area contributed by atoms with Gasteiger partial charge >= 0.3 is 0 Å². The van der Waals surface area contributed by atoms with Crippen molar-refractivity contribution in [3.8, 4) is 0 Å². The van der Waals surface area contributed by atoms with Gasteiger partial charge in [-0.05, 0) is 30.5 Å². The summed E-state index contributed by atoms with van der Waals surface area (Å²) < 4.78 is 12.3. The van der Waals surface area contributed by atoms with Crippen molar-refractivity contribution in [3.05, 3.63) is 34.3 Å². The van der Waals surface area contributed by atoms with Crippen molar-refractivity contribution in [1.82, 2.24) is 4.90 Å². The van der Waals surface area contributed by atoms with Crippen LogP contribution in [0.1, 0.15) is 24.5 Å². The summed E-state index contributed by atoms with van der Waals surface area (Å²) in [6.45, 7) is 2.56. The Balaban J connectivity index is 1.66. The van der Waals surface area contributed by atoms with Crippen LogP contribution in [0.3, 0.4) is 0 Å². The molecule has 5 heteroatoms. The maximum absolute atomic E-state index is 12.4. The van der Waals surface area contributed by atoms with E-state index in [1.165, 1.54) is 0 Å². The second-order valence-corrected chi connectivity index (χ2v) is 6.11. The lowest BCUT2D eigenvalue weighted by Gasteiger charge is -2.34. The minimum atomic E-state index is -0.237. The summed E-state index contributed by atoms with van der Waals surface area (Å²) in [5.74, 6) is 0.118. The average molecular weight is 340 g/mol. The van der Waals surface area contributed by atoms with Crippen LogP contribution in [-0.4, -0.2) is 43.2 Å². The number of hydrogen-bond acceptors (Lipinski definition) is 3. The van der Waals surface area contributed by atoms with E-state index >= 15 is 0 Å². The van der Waals surface area contributed by atoms with E-state index in [9.17, 15) is 4.79 Å². The molecule has 2 saturated heterocycles. The molecule has 0 bridgehead atoms. The third kappa shape index (κ3) is 3.05. The molecule has 0 aromatic heterocycles. The number of ether oxygens (including phenoxy) is 2. The molecule has 2 heterocycles. The minimum absolute atomic E-state index is 0.0396. The molecule has 0 radical (unpaired) electrons. The maximum atomic E-state index is 12.4. The van der Waals surface area contributed by atoms with Gasteiger partial charge in [0.25, 0.3) is 5.91 Å². The molecule has 0 unspecified atom stereocenters. The number of benzene rings is 1. The van der Waals surface area contributed by atoms with E-state index in [-0.39, 0.29) is 18.1 Å². The lowest BCUT2D eigenvalue weighted by molar-refractivity contribution is -0.148. The first kappa shape index (κ1) is 14.0. The highest BCUT2D eigenvalue weighted by Crippen LogP contribution is 2.25. The predicted octanol–water partition coefficient (Wildman–Crippen LogP) is 2.53. The minimum Gasteiger partial charge on any atom is -0.370 e. The van der Waals surface area contributed by atoms with E-state index in [0.717, 1.165) is 22.9 Å². The number of morpholine rings is 1. The molecule has 20 heavy (non-hydrogen) atoms. The molecule has 4 nitrogen and oxygen atoms in total. The molecule has 2 aliphatic heterocycles. The molecule has 1 aromatic carbocycles. The fourth-order valence-electron chi connectivity index (χ4n) is 2.70. The number of rotatable bonds is 2. The van der Waals surface area contributed by atoms with Gasteiger partial charge in [-0.1, -0.05) is 28.1 Å². The van der Waals surface area contributed by atoms with Crippen molar-refractivity contribution in [2.45, 2.75) is 25.0 Å². The first-order chi connectivity index (χ1) is 9.74. The Hall–Kier alpha value is -0.910. The Morgan fingerprint density at radius 2 is 2.00 bits per heavy atom. The van der Waals surface area contributed by atoms with Gasteiger partial charge in [-0.15, -0.1) is 0 Å². The summed E-state index contributed by atoms with van der Waals surface area (Å²) >= 11 is 3.43. The summed E-state index contributed by atoms with van der Waals surface area (Å²) in [6.07, 6.45) is 1.55. The number of carbonyl (C=O) groups excluding carboxylic acids is 1. The first-order valence-electron chi connectivity index (χ1n) is 7.01. The molecule has 108 valence electrons. The first-order valence-corrected chi connectivity index (χ1v) is 7.81. The highest BCUT2D eigenvalue weighted by atomic mass is 79.9. The van der Waals surface area contributed by atoms with E-state index in [1.807, 2.05) is 29.2 Å². The topological polar surface area (TPSA) is 38.8 Å². The van der Waals surface area contributed by atoms with Gasteiger partial charge in [0, 0.05) is 17.6 Å². The SMILES string of the molecule is O=C([C@H]1CCCO1)N1CCO[C@@H](c2ccc(Br)cc2)C1. The molecular formula is C15H18BrNO3. The van der Waals surface area contributed by atoms with Crippen molar-refractivity contribution in [3.63, 3.8) is 0 Å². The zero-order valence-electron chi connectivity index (χ0n) is 11.3. The molecule has 0 saturated carbocycles. The molecule has 0 N–H and O–H groups in total. The lowest BCUT2D eigenvalue weighted by Crippen LogP contribution is -2.46. The van der Waals surface area contributed by atoms with E-state index in [4.69, 9.17) is 9.47 Å². The monoisotopic (exact) mass is 339 g/mol. The summed E-state index contributed by atoms with van der Waals surface area (Å²) in [6, 6.07) is 8.07. The van der Waals surface area contributed by atoms with E-state index in [0.29, 0.717) is 26.3 Å². The van der Waals surface area contributed by atoms with Gasteiger partial charge in [0.05, 0.1) is 13.2 Å². The van der Waals surface area contributed by atoms with Crippen molar-refractivity contribution in [2.24, 2.45) is 0 Å². The summed E-state index contributed by atoms with van der Waals surface area (Å²) in [4.78, 5) is 14.3. The van der Waals surface area contributed by atoms with Gasteiger partial charge < -0.3 is 14.4 Å². The van der Waals surface area contributed by atoms with Crippen LogP contribution in [0, 0.1) is 0 Å². The third-order valence-corrected chi connectivity index (χ3v) is 4.35. The Morgan fingerprint density at radius 1 is 1.20 bits per heavy atom. The molecule has 0 spiro atoms. The van der Waals surface area contributed by atoms with Crippen LogP contribution in [-0.2, 0) is 14.3 Å². The van der Waals surface area contributed by atoms with Gasteiger partial charge in [-0.2, -0.15) is 0 Å². The number of amides is 1. The van der Waals surface area contributed by atoms with Gasteiger partial charge in [0.2, 0.25) is 0 Å². The molecule has 2 atom stereocenters. The van der Waals surface area contributed by atoms with Gasteiger partial charge in [0.1, 0.15) is 12.2 Å². The average Bonchev–Trinajstić information content (AvgIpc) is 3.01. The van der Waals surface area contributed by atoms with Gasteiger partial charge in [-0.3, -0.25) is 4.79 Å². The van der Waals surface area contributed by atoms with Crippen molar-refractivity contribution in [2.75, 3.05) is 26.3 Å². The molecular weight excluding hydrogens is 322 g/mol. The van der Waals surface area contributed by atoms with Crippen molar-refractivity contribution >= 4 is 21.8 Å². The van der Waals surface area contributed by atoms with Crippen molar-refractivity contribution < 1.29 is 14.3 Å². The standard InChI is InChI=1S/C15H18BrNO3/c16-12-5-3-11(4-6-12)14-10-17(7-9-20-14)15(18)13-2-1-8-19-13/h3-6,13-14H,1-2,7-10H2/t13-,14-/m1/s1. The molecule has 0 aliphatic carbocycles. The molecule has 3 rings (SSSR count). The van der Waals surface area contributed by atoms with Gasteiger partial charge in [0.15, 0.2) is 0 Å². The highest BCUT2D eigenvalue weighted by Gasteiger charge is 2.32. The third-order valence-electron chi connectivity index (χ3n) is 3.83. The Labute approximate surface area is 127 Å². The van der Waals surface area contributed by atoms with Crippen LogP contribution in [0.25, 0.3) is 0 Å². The second-order valence-electron chi connectivity index (χ2n) is 5.20. The molecule has 1 amide bonds. The van der Waals surface area contributed by atoms with Crippen LogP contribution < -0.4 is 0 Å². The molecule has 2 fully saturated rings. The van der Waals surface area contributed by atoms with E-state index in [1.54, 1.807) is 0 Å². The molecule has 2 aliphatic rings. The Bertz CT molecular complexity index is 471. The highest BCUT2D eigenvalue weighted by molar-refractivity contribution is 9.10. The van der Waals surface area contributed by atoms with Crippen LogP contribution in [0.4, 0.5) is 0 Å². The Morgan fingerprint density at radius 3 is 2.70 bits per heavy atom. The maximum Gasteiger partial charge on any atom is 0.251 e. The zero-order valence-corrected chi connectivity index (χ0v) is 12.8. The van der Waals surface area contributed by atoms with Crippen molar-refractivity contribution in [1.29, 1.82) is 0 Å². The fourth-order valence-corrected chi connectivity index (χ4v) is 2.97. The largest absolute Gasteiger partial charge is 0.370 e. The van der Waals surface area contributed by atoms with Crippen LogP contribution in [0.15, 0.2) is 28.7 Å². The van der Waals surface area contributed by atoms with Crippen LogP contribution in [0.5, 0.6) is 0 Å². The lowest BCUT2D eigenvalue weighted by atomic mass is 10.1. The smallest absolute Gasteiger partial charge is 0.251 e. The quantitative estimate of drug-likeness (QED) is 0.831. The van der Waals surface area contributed by atoms with Crippen LogP contribution in [0.2, 0.25) is 0 Å². The Kier molecular flexibility index (Phi) is 4.38. The van der Waals surface area contributed by atoms with Gasteiger partial charge in [-0.25, -0.2) is 0 Å². The van der Waals surface area contributed by atoms with E-state index in [2.05, 4.69) is 15.9 Å². The number of nitrogens with zero attached hydrogens (tertiary/aromatic N) is 1. The summed E-state index contributed by atoms with van der Waals surface area (Å²) in [7, 11) is 0. The summed E-state index contributed by atoms with van der Waals surface area (Å²) in [5, 5.41) is 0. The predicted molar refractivity (Wildman–Crippen MR) is 78.4 cm³/mol. The summed E-state index contributed by atoms with van der Waals surface area (Å²) in [5.41, 5.74) is 1.11. The molecule has 1 aromatic rings. The number of carbonyl (C=O) groups is 1. The zero-order chi connectivity index (χ0) is 13.9.